The van der Waals surface area contributed by atoms with E-state index >= 15 is 0 Å². The fourth-order valence-electron chi connectivity index (χ4n) is 3.62. The molecule has 0 N–H and O–H groups in total. The molecule has 1 atom stereocenters. The van der Waals surface area contributed by atoms with Crippen molar-refractivity contribution in [2.24, 2.45) is 4.99 Å². The maximum atomic E-state index is 13.4. The molecule has 4 rings (SSSR count). The van der Waals surface area contributed by atoms with Gasteiger partial charge in [0.15, 0.2) is 4.80 Å². The van der Waals surface area contributed by atoms with E-state index in [1.165, 1.54) is 18.4 Å². The van der Waals surface area contributed by atoms with Crippen molar-refractivity contribution in [2.75, 3.05) is 14.2 Å². The standard InChI is InChI=1S/C25H22N2O4S/c1-16-21(24(29)31-3)22(18-12-14-19(30-2)15-13-18)27-23(28)20(32-25(27)26-16)11-7-10-17-8-5-4-6-9-17/h4-15,22H,1-3H3/b10-7+,20-11-/t22-/m0/s1. The van der Waals surface area contributed by atoms with Crippen molar-refractivity contribution >= 4 is 29.5 Å². The first-order chi connectivity index (χ1) is 15.5. The number of nitrogens with zero attached hydrogens (tertiary/aromatic N) is 2. The van der Waals surface area contributed by atoms with Gasteiger partial charge in [0.2, 0.25) is 0 Å². The average Bonchev–Trinajstić information content (AvgIpc) is 3.13. The van der Waals surface area contributed by atoms with E-state index in [2.05, 4.69) is 4.99 Å². The van der Waals surface area contributed by atoms with Crippen LogP contribution in [0.4, 0.5) is 0 Å². The molecule has 0 aliphatic carbocycles. The first-order valence-corrected chi connectivity index (χ1v) is 10.8. The fraction of sp³-hybridized carbons (Fsp3) is 0.160. The van der Waals surface area contributed by atoms with Crippen LogP contribution in [0.15, 0.2) is 81.7 Å². The van der Waals surface area contributed by atoms with Gasteiger partial charge in [-0.3, -0.25) is 9.36 Å². The molecule has 1 aliphatic heterocycles. The Morgan fingerprint density at radius 1 is 1.09 bits per heavy atom. The highest BCUT2D eigenvalue weighted by Crippen LogP contribution is 2.31. The minimum atomic E-state index is -0.634. The van der Waals surface area contributed by atoms with Gasteiger partial charge >= 0.3 is 5.97 Å². The van der Waals surface area contributed by atoms with Gasteiger partial charge in [0, 0.05) is 0 Å². The molecule has 0 saturated heterocycles. The second kappa shape index (κ2) is 9.20. The van der Waals surface area contributed by atoms with Gasteiger partial charge in [-0.1, -0.05) is 66.0 Å². The molecule has 7 heteroatoms. The molecule has 6 nitrogen and oxygen atoms in total. The van der Waals surface area contributed by atoms with Crippen LogP contribution < -0.4 is 19.6 Å². The average molecular weight is 447 g/mol. The zero-order chi connectivity index (χ0) is 22.7. The molecule has 162 valence electrons. The van der Waals surface area contributed by atoms with Crippen LogP contribution in [-0.4, -0.2) is 24.8 Å². The second-order valence-electron chi connectivity index (χ2n) is 7.14. The zero-order valence-corrected chi connectivity index (χ0v) is 18.8. The monoisotopic (exact) mass is 446 g/mol. The number of fused-ring (bicyclic) bond motifs is 1. The molecule has 0 amide bonds. The van der Waals surface area contributed by atoms with Gasteiger partial charge in [0.25, 0.3) is 5.56 Å². The van der Waals surface area contributed by atoms with E-state index in [1.807, 2.05) is 54.6 Å². The summed E-state index contributed by atoms with van der Waals surface area (Å²) < 4.78 is 12.4. The number of rotatable bonds is 5. The smallest absolute Gasteiger partial charge is 0.338 e. The van der Waals surface area contributed by atoms with Gasteiger partial charge in [0.05, 0.1) is 36.1 Å². The lowest BCUT2D eigenvalue weighted by Crippen LogP contribution is -2.39. The van der Waals surface area contributed by atoms with E-state index in [4.69, 9.17) is 9.47 Å². The van der Waals surface area contributed by atoms with E-state index in [0.29, 0.717) is 26.4 Å². The molecule has 0 spiro atoms. The third-order valence-corrected chi connectivity index (χ3v) is 6.20. The number of hydrogen-bond acceptors (Lipinski definition) is 6. The molecule has 1 aliphatic rings. The minimum Gasteiger partial charge on any atom is -0.497 e. The molecule has 2 heterocycles. The van der Waals surface area contributed by atoms with E-state index in [9.17, 15) is 9.59 Å². The van der Waals surface area contributed by atoms with Crippen LogP contribution in [0.1, 0.15) is 24.1 Å². The highest BCUT2D eigenvalue weighted by atomic mass is 32.1. The quantitative estimate of drug-likeness (QED) is 0.565. The number of thiazole rings is 1. The number of ether oxygens (including phenoxy) is 2. The van der Waals surface area contributed by atoms with E-state index < -0.39 is 12.0 Å². The molecule has 0 saturated carbocycles. The van der Waals surface area contributed by atoms with Crippen LogP contribution in [0.3, 0.4) is 0 Å². The Hall–Kier alpha value is -3.71. The van der Waals surface area contributed by atoms with Gasteiger partial charge in [0.1, 0.15) is 5.75 Å². The normalized spacial score (nSPS) is 16.1. The Morgan fingerprint density at radius 2 is 1.81 bits per heavy atom. The van der Waals surface area contributed by atoms with E-state index in [0.717, 1.165) is 11.1 Å². The summed E-state index contributed by atoms with van der Waals surface area (Å²) in [5.74, 6) is 0.179. The maximum Gasteiger partial charge on any atom is 0.338 e. The summed E-state index contributed by atoms with van der Waals surface area (Å²) >= 11 is 1.29. The van der Waals surface area contributed by atoms with Crippen LogP contribution in [0.5, 0.6) is 5.75 Å². The number of benzene rings is 2. The number of carbonyl (C=O) groups is 1. The van der Waals surface area contributed by atoms with Gasteiger partial charge in [-0.15, -0.1) is 0 Å². The number of methoxy groups -OCH3 is 2. The molecule has 0 radical (unpaired) electrons. The van der Waals surface area contributed by atoms with E-state index in [-0.39, 0.29) is 5.56 Å². The van der Waals surface area contributed by atoms with Crippen LogP contribution in [0.2, 0.25) is 0 Å². The lowest BCUT2D eigenvalue weighted by Gasteiger charge is -2.24. The summed E-state index contributed by atoms with van der Waals surface area (Å²) in [4.78, 5) is 31.1. The predicted molar refractivity (Wildman–Crippen MR) is 125 cm³/mol. The fourth-order valence-corrected chi connectivity index (χ4v) is 4.62. The Morgan fingerprint density at radius 3 is 2.47 bits per heavy atom. The topological polar surface area (TPSA) is 69.9 Å². The Balaban J connectivity index is 1.86. The first-order valence-electron chi connectivity index (χ1n) is 10.00. The molecule has 1 aromatic heterocycles. The van der Waals surface area contributed by atoms with Crippen molar-refractivity contribution in [3.05, 3.63) is 103 Å². The SMILES string of the molecule is COC(=O)C1=C(C)N=c2s/c(=C\C=C\c3ccccc3)c(=O)n2[C@H]1c1ccc(OC)cc1. The van der Waals surface area contributed by atoms with Crippen LogP contribution in [0, 0.1) is 0 Å². The van der Waals surface area contributed by atoms with Crippen molar-refractivity contribution in [3.8, 4) is 5.75 Å². The third-order valence-electron chi connectivity index (χ3n) is 5.19. The summed E-state index contributed by atoms with van der Waals surface area (Å²) in [6.45, 7) is 1.76. The summed E-state index contributed by atoms with van der Waals surface area (Å²) in [6.07, 6.45) is 5.56. The zero-order valence-electron chi connectivity index (χ0n) is 17.9. The van der Waals surface area contributed by atoms with E-state index in [1.54, 1.807) is 36.8 Å². The highest BCUT2D eigenvalue weighted by Gasteiger charge is 2.32. The third kappa shape index (κ3) is 4.07. The second-order valence-corrected chi connectivity index (χ2v) is 8.15. The molecule has 0 fully saturated rings. The molecule has 0 bridgehead atoms. The molecule has 2 aromatic carbocycles. The van der Waals surface area contributed by atoms with Crippen molar-refractivity contribution in [1.29, 1.82) is 0 Å². The van der Waals surface area contributed by atoms with Crippen LogP contribution in [0.25, 0.3) is 12.2 Å². The summed E-state index contributed by atoms with van der Waals surface area (Å²) in [6, 6.07) is 16.5. The first kappa shape index (κ1) is 21.5. The van der Waals surface area contributed by atoms with Gasteiger partial charge < -0.3 is 9.47 Å². The van der Waals surface area contributed by atoms with Gasteiger partial charge in [-0.25, -0.2) is 9.79 Å². The van der Waals surface area contributed by atoms with Crippen molar-refractivity contribution in [3.63, 3.8) is 0 Å². The van der Waals surface area contributed by atoms with Crippen molar-refractivity contribution < 1.29 is 14.3 Å². The number of carbonyl (C=O) groups excluding carboxylic acids is 1. The number of allylic oxidation sites excluding steroid dienone is 2. The molecule has 0 unspecified atom stereocenters. The summed E-state index contributed by atoms with van der Waals surface area (Å²) in [5.41, 5.74) is 2.48. The Labute approximate surface area is 189 Å². The predicted octanol–water partition coefficient (Wildman–Crippen LogP) is 3.08. The highest BCUT2D eigenvalue weighted by molar-refractivity contribution is 7.07. The molecular weight excluding hydrogens is 424 g/mol. The number of aromatic nitrogens is 1. The summed E-state index contributed by atoms with van der Waals surface area (Å²) in [7, 11) is 2.91. The lowest BCUT2D eigenvalue weighted by atomic mass is 9.96. The van der Waals surface area contributed by atoms with Crippen molar-refractivity contribution in [2.45, 2.75) is 13.0 Å². The number of esters is 1. The maximum absolute atomic E-state index is 13.4. The Bertz CT molecular complexity index is 1380. The summed E-state index contributed by atoms with van der Waals surface area (Å²) in [5, 5.41) is 0. The molecular formula is C25H22N2O4S. The van der Waals surface area contributed by atoms with Crippen molar-refractivity contribution in [1.82, 2.24) is 4.57 Å². The van der Waals surface area contributed by atoms with Crippen LogP contribution >= 0.6 is 11.3 Å². The van der Waals surface area contributed by atoms with Gasteiger partial charge in [-0.05, 0) is 36.3 Å². The lowest BCUT2D eigenvalue weighted by molar-refractivity contribution is -0.136. The Kier molecular flexibility index (Phi) is 6.18. The minimum absolute atomic E-state index is 0.207. The van der Waals surface area contributed by atoms with Gasteiger partial charge in [-0.2, -0.15) is 0 Å². The molecule has 32 heavy (non-hydrogen) atoms. The molecule has 3 aromatic rings. The van der Waals surface area contributed by atoms with Crippen LogP contribution in [-0.2, 0) is 9.53 Å². The largest absolute Gasteiger partial charge is 0.497 e. The number of hydrogen-bond donors (Lipinski definition) is 0.